The molecule has 1 saturated heterocycles. The SMILES string of the molecule is CCCn1c(Cc2ccccc2)nnc1SCC(=O)NC[C@H]1CCCO1. The molecule has 0 spiro atoms. The summed E-state index contributed by atoms with van der Waals surface area (Å²) in [5, 5.41) is 12.4. The number of nitrogens with zero attached hydrogens (tertiary/aromatic N) is 3. The quantitative estimate of drug-likeness (QED) is 0.684. The predicted octanol–water partition coefficient (Wildman–Crippen LogP) is 2.67. The van der Waals surface area contributed by atoms with Gasteiger partial charge >= 0.3 is 0 Å². The van der Waals surface area contributed by atoms with Gasteiger partial charge in [0.05, 0.1) is 11.9 Å². The molecule has 6 nitrogen and oxygen atoms in total. The Balaban J connectivity index is 1.55. The summed E-state index contributed by atoms with van der Waals surface area (Å²) in [6, 6.07) is 10.3. The molecule has 2 heterocycles. The zero-order valence-corrected chi connectivity index (χ0v) is 16.0. The third-order valence-corrected chi connectivity index (χ3v) is 5.30. The van der Waals surface area contributed by atoms with Crippen LogP contribution in [-0.4, -0.2) is 45.7 Å². The highest BCUT2D eigenvalue weighted by Crippen LogP contribution is 2.19. The fourth-order valence-corrected chi connectivity index (χ4v) is 3.81. The van der Waals surface area contributed by atoms with E-state index in [4.69, 9.17) is 4.74 Å². The zero-order valence-electron chi connectivity index (χ0n) is 15.2. The van der Waals surface area contributed by atoms with Crippen LogP contribution in [0.1, 0.15) is 37.6 Å². The van der Waals surface area contributed by atoms with Gasteiger partial charge in [-0.25, -0.2) is 0 Å². The summed E-state index contributed by atoms with van der Waals surface area (Å²) in [5.41, 5.74) is 1.21. The van der Waals surface area contributed by atoms with E-state index in [9.17, 15) is 4.79 Å². The van der Waals surface area contributed by atoms with Gasteiger partial charge < -0.3 is 14.6 Å². The molecule has 1 fully saturated rings. The van der Waals surface area contributed by atoms with Crippen molar-refractivity contribution in [2.45, 2.75) is 50.4 Å². The molecule has 2 aromatic rings. The smallest absolute Gasteiger partial charge is 0.230 e. The van der Waals surface area contributed by atoms with Crippen molar-refractivity contribution < 1.29 is 9.53 Å². The van der Waals surface area contributed by atoms with Gasteiger partial charge in [0.15, 0.2) is 5.16 Å². The maximum atomic E-state index is 12.1. The molecule has 3 rings (SSSR count). The van der Waals surface area contributed by atoms with Crippen LogP contribution in [0.5, 0.6) is 0 Å². The maximum absolute atomic E-state index is 12.1. The van der Waals surface area contributed by atoms with E-state index in [0.717, 1.165) is 49.8 Å². The van der Waals surface area contributed by atoms with Crippen LogP contribution in [0.4, 0.5) is 0 Å². The van der Waals surface area contributed by atoms with Crippen LogP contribution in [0.3, 0.4) is 0 Å². The third-order valence-electron chi connectivity index (χ3n) is 4.33. The van der Waals surface area contributed by atoms with E-state index in [-0.39, 0.29) is 12.0 Å². The molecule has 0 unspecified atom stereocenters. The molecule has 0 bridgehead atoms. The Morgan fingerprint density at radius 3 is 2.92 bits per heavy atom. The van der Waals surface area contributed by atoms with Crippen LogP contribution in [0, 0.1) is 0 Å². The van der Waals surface area contributed by atoms with Crippen molar-refractivity contribution in [1.29, 1.82) is 0 Å². The molecule has 140 valence electrons. The number of ether oxygens (including phenoxy) is 1. The molecule has 1 aliphatic rings. The first-order chi connectivity index (χ1) is 12.8. The fourth-order valence-electron chi connectivity index (χ4n) is 3.00. The van der Waals surface area contributed by atoms with Crippen molar-refractivity contribution in [3.63, 3.8) is 0 Å². The predicted molar refractivity (Wildman–Crippen MR) is 102 cm³/mol. The lowest BCUT2D eigenvalue weighted by molar-refractivity contribution is -0.119. The van der Waals surface area contributed by atoms with Gasteiger partial charge in [-0.3, -0.25) is 4.79 Å². The van der Waals surface area contributed by atoms with Gasteiger partial charge in [-0.05, 0) is 24.8 Å². The van der Waals surface area contributed by atoms with Crippen LogP contribution in [0.25, 0.3) is 0 Å². The summed E-state index contributed by atoms with van der Waals surface area (Å²) in [6.45, 7) is 4.39. The Hall–Kier alpha value is -1.86. The van der Waals surface area contributed by atoms with E-state index in [1.54, 1.807) is 0 Å². The first kappa shape index (κ1) is 18.9. The number of hydrogen-bond acceptors (Lipinski definition) is 5. The molecule has 1 atom stereocenters. The average Bonchev–Trinajstić information content (AvgIpc) is 3.30. The first-order valence-electron chi connectivity index (χ1n) is 9.23. The Bertz CT molecular complexity index is 699. The number of amides is 1. The summed E-state index contributed by atoms with van der Waals surface area (Å²) in [7, 11) is 0. The highest BCUT2D eigenvalue weighted by Gasteiger charge is 2.17. The molecule has 1 aliphatic heterocycles. The zero-order chi connectivity index (χ0) is 18.2. The van der Waals surface area contributed by atoms with Crippen molar-refractivity contribution in [3.05, 3.63) is 41.7 Å². The van der Waals surface area contributed by atoms with E-state index >= 15 is 0 Å². The largest absolute Gasteiger partial charge is 0.376 e. The number of thioether (sulfide) groups is 1. The maximum Gasteiger partial charge on any atom is 0.230 e. The summed E-state index contributed by atoms with van der Waals surface area (Å²) in [6.07, 6.45) is 4.03. The highest BCUT2D eigenvalue weighted by atomic mass is 32.2. The number of carbonyl (C=O) groups is 1. The van der Waals surface area contributed by atoms with Crippen molar-refractivity contribution in [3.8, 4) is 0 Å². The average molecular weight is 375 g/mol. The Kier molecular flexibility index (Phi) is 7.08. The summed E-state index contributed by atoms with van der Waals surface area (Å²) < 4.78 is 7.66. The van der Waals surface area contributed by atoms with E-state index in [0.29, 0.717) is 12.3 Å². The molecule has 7 heteroatoms. The molecule has 1 aromatic heterocycles. The third kappa shape index (κ3) is 5.32. The highest BCUT2D eigenvalue weighted by molar-refractivity contribution is 7.99. The Labute approximate surface area is 158 Å². The first-order valence-corrected chi connectivity index (χ1v) is 10.2. The second-order valence-corrected chi connectivity index (χ2v) is 7.38. The van der Waals surface area contributed by atoms with Crippen molar-refractivity contribution in [1.82, 2.24) is 20.1 Å². The lowest BCUT2D eigenvalue weighted by Gasteiger charge is -2.11. The second kappa shape index (κ2) is 9.73. The monoisotopic (exact) mass is 374 g/mol. The Morgan fingerprint density at radius 1 is 1.35 bits per heavy atom. The molecule has 1 N–H and O–H groups in total. The summed E-state index contributed by atoms with van der Waals surface area (Å²) in [4.78, 5) is 12.1. The number of carbonyl (C=O) groups excluding carboxylic acids is 1. The van der Waals surface area contributed by atoms with Crippen molar-refractivity contribution in [2.24, 2.45) is 0 Å². The second-order valence-electron chi connectivity index (χ2n) is 6.44. The number of nitrogens with one attached hydrogen (secondary N) is 1. The van der Waals surface area contributed by atoms with Gasteiger partial charge in [0.1, 0.15) is 5.82 Å². The van der Waals surface area contributed by atoms with Gasteiger partial charge in [-0.1, -0.05) is 49.0 Å². The number of aromatic nitrogens is 3. The minimum Gasteiger partial charge on any atom is -0.376 e. The van der Waals surface area contributed by atoms with Gasteiger partial charge in [0, 0.05) is 26.1 Å². The van der Waals surface area contributed by atoms with Gasteiger partial charge in [-0.2, -0.15) is 0 Å². The lowest BCUT2D eigenvalue weighted by Crippen LogP contribution is -2.32. The summed E-state index contributed by atoms with van der Waals surface area (Å²) in [5.74, 6) is 1.31. The molecular formula is C19H26N4O2S. The molecular weight excluding hydrogens is 348 g/mol. The van der Waals surface area contributed by atoms with Crippen LogP contribution >= 0.6 is 11.8 Å². The van der Waals surface area contributed by atoms with Crippen LogP contribution in [-0.2, 0) is 22.5 Å². The van der Waals surface area contributed by atoms with Crippen LogP contribution in [0.2, 0.25) is 0 Å². The topological polar surface area (TPSA) is 69.0 Å². The number of benzene rings is 1. The van der Waals surface area contributed by atoms with Crippen molar-refractivity contribution in [2.75, 3.05) is 18.9 Å². The van der Waals surface area contributed by atoms with Gasteiger partial charge in [-0.15, -0.1) is 10.2 Å². The minimum atomic E-state index is 0.0150. The van der Waals surface area contributed by atoms with E-state index in [2.05, 4.69) is 39.1 Å². The van der Waals surface area contributed by atoms with E-state index < -0.39 is 0 Å². The normalized spacial score (nSPS) is 16.7. The van der Waals surface area contributed by atoms with Gasteiger partial charge in [0.2, 0.25) is 5.91 Å². The molecule has 26 heavy (non-hydrogen) atoms. The molecule has 1 aromatic carbocycles. The van der Waals surface area contributed by atoms with Crippen molar-refractivity contribution >= 4 is 17.7 Å². The van der Waals surface area contributed by atoms with Crippen LogP contribution in [0.15, 0.2) is 35.5 Å². The minimum absolute atomic E-state index is 0.0150. The summed E-state index contributed by atoms with van der Waals surface area (Å²) >= 11 is 1.45. The molecule has 1 amide bonds. The standard InChI is InChI=1S/C19H26N4O2S/c1-2-10-23-17(12-15-7-4-3-5-8-15)21-22-19(23)26-14-18(24)20-13-16-9-6-11-25-16/h3-5,7-8,16H,2,6,9-14H2,1H3,(H,20,24)/t16-/m1/s1. The van der Waals surface area contributed by atoms with Crippen LogP contribution < -0.4 is 5.32 Å². The number of rotatable bonds is 9. The lowest BCUT2D eigenvalue weighted by atomic mass is 10.1. The molecule has 0 saturated carbocycles. The molecule has 0 radical (unpaired) electrons. The van der Waals surface area contributed by atoms with E-state index in [1.807, 2.05) is 18.2 Å². The molecule has 0 aliphatic carbocycles. The Morgan fingerprint density at radius 2 is 2.19 bits per heavy atom. The van der Waals surface area contributed by atoms with E-state index in [1.165, 1.54) is 17.3 Å². The number of hydrogen-bond donors (Lipinski definition) is 1. The fraction of sp³-hybridized carbons (Fsp3) is 0.526. The van der Waals surface area contributed by atoms with Gasteiger partial charge in [0.25, 0.3) is 0 Å².